The summed E-state index contributed by atoms with van der Waals surface area (Å²) < 4.78 is 0. The monoisotopic (exact) mass is 260 g/mol. The molecule has 0 aromatic carbocycles. The summed E-state index contributed by atoms with van der Waals surface area (Å²) in [6, 6.07) is 0. The van der Waals surface area contributed by atoms with Gasteiger partial charge in [0.25, 0.3) is 0 Å². The first-order valence-electron chi connectivity index (χ1n) is 5.14. The standard InChI is InChI=1S/C11H17ClN2OS/c1-7-8(12)13-10(11(2,3)4)14-9(7)16-6-5-15/h15H,5-6H2,1-4H3. The third-order valence-corrected chi connectivity index (χ3v) is 3.47. The number of aromatic nitrogens is 2. The highest BCUT2D eigenvalue weighted by Crippen LogP contribution is 2.28. The van der Waals surface area contributed by atoms with E-state index in [0.29, 0.717) is 10.9 Å². The molecule has 90 valence electrons. The predicted octanol–water partition coefficient (Wildman–Crippen LogP) is 2.82. The van der Waals surface area contributed by atoms with E-state index in [0.717, 1.165) is 16.4 Å². The van der Waals surface area contributed by atoms with E-state index in [2.05, 4.69) is 30.7 Å². The Labute approximate surface area is 106 Å². The number of aliphatic hydroxyl groups is 1. The van der Waals surface area contributed by atoms with Crippen LogP contribution < -0.4 is 0 Å². The van der Waals surface area contributed by atoms with Crippen molar-refractivity contribution in [3.8, 4) is 0 Å². The van der Waals surface area contributed by atoms with E-state index >= 15 is 0 Å². The maximum atomic E-state index is 8.82. The largest absolute Gasteiger partial charge is 0.396 e. The molecule has 0 saturated heterocycles. The molecule has 0 atom stereocenters. The first-order valence-corrected chi connectivity index (χ1v) is 6.51. The molecule has 1 aromatic heterocycles. The number of rotatable bonds is 3. The van der Waals surface area contributed by atoms with E-state index < -0.39 is 0 Å². The third kappa shape index (κ3) is 3.34. The molecule has 0 aliphatic rings. The Morgan fingerprint density at radius 3 is 2.44 bits per heavy atom. The zero-order valence-electron chi connectivity index (χ0n) is 10.0. The zero-order valence-corrected chi connectivity index (χ0v) is 11.6. The van der Waals surface area contributed by atoms with Crippen molar-refractivity contribution in [3.63, 3.8) is 0 Å². The summed E-state index contributed by atoms with van der Waals surface area (Å²) in [7, 11) is 0. The van der Waals surface area contributed by atoms with Crippen molar-refractivity contribution in [2.75, 3.05) is 12.4 Å². The van der Waals surface area contributed by atoms with Gasteiger partial charge in [-0.15, -0.1) is 11.8 Å². The van der Waals surface area contributed by atoms with Gasteiger partial charge in [-0.1, -0.05) is 32.4 Å². The first kappa shape index (κ1) is 13.7. The van der Waals surface area contributed by atoms with E-state index in [1.54, 1.807) is 0 Å². The molecule has 0 fully saturated rings. The quantitative estimate of drug-likeness (QED) is 0.671. The number of hydrogen-bond donors (Lipinski definition) is 1. The molecule has 0 aliphatic heterocycles. The fourth-order valence-electron chi connectivity index (χ4n) is 1.09. The van der Waals surface area contributed by atoms with Gasteiger partial charge < -0.3 is 5.11 Å². The molecule has 5 heteroatoms. The SMILES string of the molecule is Cc1c(Cl)nc(C(C)(C)C)nc1SCCO. The lowest BCUT2D eigenvalue weighted by Crippen LogP contribution is -2.17. The lowest BCUT2D eigenvalue weighted by molar-refractivity contribution is 0.322. The molecule has 0 unspecified atom stereocenters. The van der Waals surface area contributed by atoms with Crippen LogP contribution in [0.3, 0.4) is 0 Å². The van der Waals surface area contributed by atoms with Crippen molar-refractivity contribution in [2.45, 2.75) is 38.1 Å². The van der Waals surface area contributed by atoms with Crippen LogP contribution in [-0.2, 0) is 5.41 Å². The second kappa shape index (κ2) is 5.34. The summed E-state index contributed by atoms with van der Waals surface area (Å²) in [5.41, 5.74) is 0.763. The van der Waals surface area contributed by atoms with E-state index in [9.17, 15) is 0 Å². The Morgan fingerprint density at radius 1 is 1.31 bits per heavy atom. The molecular weight excluding hydrogens is 244 g/mol. The second-order valence-electron chi connectivity index (χ2n) is 4.59. The molecule has 0 saturated carbocycles. The summed E-state index contributed by atoms with van der Waals surface area (Å²) in [4.78, 5) is 8.79. The van der Waals surface area contributed by atoms with Gasteiger partial charge in [0.1, 0.15) is 16.0 Å². The van der Waals surface area contributed by atoms with Gasteiger partial charge >= 0.3 is 0 Å². The molecule has 3 nitrogen and oxygen atoms in total. The second-order valence-corrected chi connectivity index (χ2v) is 6.03. The maximum Gasteiger partial charge on any atom is 0.136 e. The van der Waals surface area contributed by atoms with E-state index in [1.165, 1.54) is 11.8 Å². The van der Waals surface area contributed by atoms with Crippen LogP contribution in [0.1, 0.15) is 32.2 Å². The molecule has 1 rings (SSSR count). The van der Waals surface area contributed by atoms with Crippen molar-refractivity contribution in [2.24, 2.45) is 0 Å². The first-order chi connectivity index (χ1) is 7.36. The van der Waals surface area contributed by atoms with Crippen LogP contribution >= 0.6 is 23.4 Å². The van der Waals surface area contributed by atoms with Gasteiger partial charge in [0.15, 0.2) is 0 Å². The molecule has 1 N–H and O–H groups in total. The van der Waals surface area contributed by atoms with Gasteiger partial charge in [0.05, 0.1) is 6.61 Å². The van der Waals surface area contributed by atoms with E-state index in [4.69, 9.17) is 16.7 Å². The van der Waals surface area contributed by atoms with E-state index in [1.807, 2.05) is 6.92 Å². The summed E-state index contributed by atoms with van der Waals surface area (Å²) in [6.45, 7) is 8.18. The topological polar surface area (TPSA) is 46.0 Å². The van der Waals surface area contributed by atoms with Crippen molar-refractivity contribution >= 4 is 23.4 Å². The molecule has 1 aromatic rings. The van der Waals surface area contributed by atoms with Crippen LogP contribution in [0.2, 0.25) is 5.15 Å². The number of aliphatic hydroxyl groups excluding tert-OH is 1. The Balaban J connectivity index is 3.12. The number of thioether (sulfide) groups is 1. The van der Waals surface area contributed by atoms with Crippen LogP contribution in [0.15, 0.2) is 5.03 Å². The molecule has 0 bridgehead atoms. The van der Waals surface area contributed by atoms with Crippen LogP contribution in [-0.4, -0.2) is 27.4 Å². The lowest BCUT2D eigenvalue weighted by atomic mass is 9.96. The average molecular weight is 261 g/mol. The van der Waals surface area contributed by atoms with Gasteiger partial charge in [-0.05, 0) is 6.92 Å². The Bertz CT molecular complexity index is 377. The summed E-state index contributed by atoms with van der Waals surface area (Å²) in [6.07, 6.45) is 0. The van der Waals surface area contributed by atoms with Gasteiger partial charge in [-0.3, -0.25) is 0 Å². The molecule has 0 amide bonds. The number of nitrogens with zero attached hydrogens (tertiary/aromatic N) is 2. The number of hydrogen-bond acceptors (Lipinski definition) is 4. The Morgan fingerprint density at radius 2 is 1.94 bits per heavy atom. The van der Waals surface area contributed by atoms with Gasteiger partial charge in [-0.25, -0.2) is 9.97 Å². The van der Waals surface area contributed by atoms with E-state index in [-0.39, 0.29) is 12.0 Å². The lowest BCUT2D eigenvalue weighted by Gasteiger charge is -2.18. The highest BCUT2D eigenvalue weighted by atomic mass is 35.5. The van der Waals surface area contributed by atoms with Gasteiger partial charge in [0.2, 0.25) is 0 Å². The summed E-state index contributed by atoms with van der Waals surface area (Å²) >= 11 is 7.58. The van der Waals surface area contributed by atoms with Gasteiger partial charge in [-0.2, -0.15) is 0 Å². The zero-order chi connectivity index (χ0) is 12.3. The fraction of sp³-hybridized carbons (Fsp3) is 0.636. The van der Waals surface area contributed by atoms with Crippen molar-refractivity contribution in [1.29, 1.82) is 0 Å². The van der Waals surface area contributed by atoms with Crippen LogP contribution in [0.4, 0.5) is 0 Å². The van der Waals surface area contributed by atoms with Gasteiger partial charge in [0, 0.05) is 16.7 Å². The van der Waals surface area contributed by atoms with Crippen molar-refractivity contribution < 1.29 is 5.11 Å². The molecular formula is C11H17ClN2OS. The predicted molar refractivity (Wildman–Crippen MR) is 68.3 cm³/mol. The van der Waals surface area contributed by atoms with Crippen LogP contribution in [0.5, 0.6) is 0 Å². The molecule has 0 spiro atoms. The smallest absolute Gasteiger partial charge is 0.136 e. The summed E-state index contributed by atoms with van der Waals surface area (Å²) in [5, 5.41) is 10.2. The average Bonchev–Trinajstić information content (AvgIpc) is 2.18. The van der Waals surface area contributed by atoms with Crippen molar-refractivity contribution in [1.82, 2.24) is 9.97 Å². The Hall–Kier alpha value is -0.320. The molecule has 1 heterocycles. The molecule has 0 aliphatic carbocycles. The fourth-order valence-corrected chi connectivity index (χ4v) is 2.06. The number of halogens is 1. The minimum absolute atomic E-state index is 0.119. The van der Waals surface area contributed by atoms with Crippen LogP contribution in [0, 0.1) is 6.92 Å². The molecule has 0 radical (unpaired) electrons. The van der Waals surface area contributed by atoms with Crippen molar-refractivity contribution in [3.05, 3.63) is 16.5 Å². The molecule has 16 heavy (non-hydrogen) atoms. The highest BCUT2D eigenvalue weighted by molar-refractivity contribution is 7.99. The highest BCUT2D eigenvalue weighted by Gasteiger charge is 2.20. The van der Waals surface area contributed by atoms with Crippen LogP contribution in [0.25, 0.3) is 0 Å². The third-order valence-electron chi connectivity index (χ3n) is 2.04. The minimum Gasteiger partial charge on any atom is -0.396 e. The summed E-state index contributed by atoms with van der Waals surface area (Å²) in [5.74, 6) is 1.36. The maximum absolute atomic E-state index is 8.82. The normalized spacial score (nSPS) is 11.9. The minimum atomic E-state index is -0.119. The Kier molecular flexibility index (Phi) is 4.59.